The zero-order valence-electron chi connectivity index (χ0n) is 14.9. The molecule has 128 valence electrons. The van der Waals surface area contributed by atoms with Gasteiger partial charge in [0, 0.05) is 31.7 Å². The Balaban J connectivity index is 1.83. The molecule has 1 atom stereocenters. The van der Waals surface area contributed by atoms with E-state index in [9.17, 15) is 0 Å². The zero-order chi connectivity index (χ0) is 15.8. The van der Waals surface area contributed by atoms with Gasteiger partial charge < -0.3 is 15.5 Å². The van der Waals surface area contributed by atoms with Crippen molar-refractivity contribution in [1.29, 1.82) is 0 Å². The molecular formula is C18H36N4. The fourth-order valence-corrected chi connectivity index (χ4v) is 3.70. The average Bonchev–Trinajstić information content (AvgIpc) is 2.54. The van der Waals surface area contributed by atoms with Crippen molar-refractivity contribution in [2.45, 2.75) is 77.8 Å². The van der Waals surface area contributed by atoms with Gasteiger partial charge in [-0.15, -0.1) is 0 Å². The van der Waals surface area contributed by atoms with Crippen molar-refractivity contribution in [3.63, 3.8) is 0 Å². The molecule has 1 aliphatic heterocycles. The minimum Gasteiger partial charge on any atom is -0.357 e. The van der Waals surface area contributed by atoms with Gasteiger partial charge in [-0.2, -0.15) is 0 Å². The first kappa shape index (κ1) is 17.6. The molecule has 2 aliphatic rings. The summed E-state index contributed by atoms with van der Waals surface area (Å²) >= 11 is 0. The molecule has 2 fully saturated rings. The van der Waals surface area contributed by atoms with Gasteiger partial charge in [0.05, 0.1) is 0 Å². The van der Waals surface area contributed by atoms with E-state index in [1.165, 1.54) is 58.0 Å². The van der Waals surface area contributed by atoms with Crippen molar-refractivity contribution >= 4 is 5.96 Å². The lowest BCUT2D eigenvalue weighted by molar-refractivity contribution is 0.143. The molecule has 1 heterocycles. The van der Waals surface area contributed by atoms with Crippen LogP contribution in [-0.2, 0) is 0 Å². The quantitative estimate of drug-likeness (QED) is 0.606. The Bertz CT molecular complexity index is 334. The standard InChI is InChI=1S/C18H36N4/c1-4-19-18(21-17-10-6-5-7-11-17)20-13-16-9-8-12-22(14-16)15(2)3/h15-17H,4-14H2,1-3H3,(H2,19,20,21). The Morgan fingerprint density at radius 3 is 2.59 bits per heavy atom. The van der Waals surface area contributed by atoms with Crippen molar-refractivity contribution in [2.24, 2.45) is 10.9 Å². The van der Waals surface area contributed by atoms with E-state index in [-0.39, 0.29) is 0 Å². The van der Waals surface area contributed by atoms with E-state index in [0.717, 1.165) is 25.0 Å². The second kappa shape index (κ2) is 9.39. The number of nitrogens with one attached hydrogen (secondary N) is 2. The van der Waals surface area contributed by atoms with Gasteiger partial charge >= 0.3 is 0 Å². The number of aliphatic imine (C=N–C) groups is 1. The molecule has 4 heteroatoms. The number of likely N-dealkylation sites (tertiary alicyclic amines) is 1. The van der Waals surface area contributed by atoms with Gasteiger partial charge in [-0.25, -0.2) is 0 Å². The largest absolute Gasteiger partial charge is 0.357 e. The number of piperidine rings is 1. The Morgan fingerprint density at radius 2 is 1.91 bits per heavy atom. The van der Waals surface area contributed by atoms with E-state index in [1.807, 2.05) is 0 Å². The van der Waals surface area contributed by atoms with Crippen LogP contribution >= 0.6 is 0 Å². The lowest BCUT2D eigenvalue weighted by Gasteiger charge is -2.35. The predicted octanol–water partition coefficient (Wildman–Crippen LogP) is 2.99. The number of hydrogen-bond donors (Lipinski definition) is 2. The average molecular weight is 309 g/mol. The highest BCUT2D eigenvalue weighted by atomic mass is 15.2. The first-order valence-electron chi connectivity index (χ1n) is 9.48. The summed E-state index contributed by atoms with van der Waals surface area (Å²) in [6.45, 7) is 11.1. The zero-order valence-corrected chi connectivity index (χ0v) is 14.9. The van der Waals surface area contributed by atoms with Crippen molar-refractivity contribution in [1.82, 2.24) is 15.5 Å². The first-order valence-corrected chi connectivity index (χ1v) is 9.48. The molecule has 2 rings (SSSR count). The SMILES string of the molecule is CCNC(=NCC1CCCN(C(C)C)C1)NC1CCCCC1. The lowest BCUT2D eigenvalue weighted by atomic mass is 9.95. The number of hydrogen-bond acceptors (Lipinski definition) is 2. The highest BCUT2D eigenvalue weighted by molar-refractivity contribution is 5.80. The van der Waals surface area contributed by atoms with Gasteiger partial charge in [-0.3, -0.25) is 4.99 Å². The second-order valence-electron chi connectivity index (χ2n) is 7.30. The Morgan fingerprint density at radius 1 is 1.14 bits per heavy atom. The molecular weight excluding hydrogens is 272 g/mol. The van der Waals surface area contributed by atoms with Crippen molar-refractivity contribution < 1.29 is 0 Å². The van der Waals surface area contributed by atoms with Crippen molar-refractivity contribution in [3.05, 3.63) is 0 Å². The molecule has 0 aromatic rings. The summed E-state index contributed by atoms with van der Waals surface area (Å²) in [7, 11) is 0. The highest BCUT2D eigenvalue weighted by Gasteiger charge is 2.21. The summed E-state index contributed by atoms with van der Waals surface area (Å²) in [4.78, 5) is 7.50. The third kappa shape index (κ3) is 5.79. The normalized spacial score (nSPS) is 25.5. The molecule has 0 bridgehead atoms. The Labute approximate surface area is 137 Å². The van der Waals surface area contributed by atoms with Crippen LogP contribution < -0.4 is 10.6 Å². The maximum absolute atomic E-state index is 4.89. The maximum atomic E-state index is 4.89. The molecule has 0 aromatic heterocycles. The summed E-state index contributed by atoms with van der Waals surface area (Å²) in [6, 6.07) is 1.30. The smallest absolute Gasteiger partial charge is 0.191 e. The van der Waals surface area contributed by atoms with E-state index in [0.29, 0.717) is 12.1 Å². The minimum absolute atomic E-state index is 0.630. The predicted molar refractivity (Wildman–Crippen MR) is 95.4 cm³/mol. The van der Waals surface area contributed by atoms with Crippen molar-refractivity contribution in [2.75, 3.05) is 26.2 Å². The van der Waals surface area contributed by atoms with Crippen LogP contribution in [0.1, 0.15) is 65.7 Å². The van der Waals surface area contributed by atoms with E-state index < -0.39 is 0 Å². The third-order valence-corrected chi connectivity index (χ3v) is 5.08. The molecule has 22 heavy (non-hydrogen) atoms. The molecule has 0 aromatic carbocycles. The minimum atomic E-state index is 0.630. The topological polar surface area (TPSA) is 39.7 Å². The van der Waals surface area contributed by atoms with Crippen LogP contribution in [-0.4, -0.2) is 49.1 Å². The first-order chi connectivity index (χ1) is 10.7. The third-order valence-electron chi connectivity index (χ3n) is 5.08. The fourth-order valence-electron chi connectivity index (χ4n) is 3.70. The summed E-state index contributed by atoms with van der Waals surface area (Å²) in [5.74, 6) is 1.76. The van der Waals surface area contributed by atoms with Gasteiger partial charge in [0.1, 0.15) is 0 Å². The molecule has 1 saturated heterocycles. The van der Waals surface area contributed by atoms with Crippen LogP contribution in [0.4, 0.5) is 0 Å². The van der Waals surface area contributed by atoms with Crippen LogP contribution in [0.25, 0.3) is 0 Å². The molecule has 0 radical (unpaired) electrons. The van der Waals surface area contributed by atoms with Gasteiger partial charge in [-0.05, 0) is 58.9 Å². The summed E-state index contributed by atoms with van der Waals surface area (Å²) < 4.78 is 0. The fraction of sp³-hybridized carbons (Fsp3) is 0.944. The number of guanidine groups is 1. The Kier molecular flexibility index (Phi) is 7.50. The van der Waals surface area contributed by atoms with Crippen LogP contribution in [0.3, 0.4) is 0 Å². The van der Waals surface area contributed by atoms with Crippen LogP contribution in [0.5, 0.6) is 0 Å². The monoisotopic (exact) mass is 308 g/mol. The number of rotatable bonds is 5. The molecule has 1 unspecified atom stereocenters. The summed E-state index contributed by atoms with van der Waals surface area (Å²) in [5, 5.41) is 7.08. The van der Waals surface area contributed by atoms with E-state index >= 15 is 0 Å². The molecule has 0 amide bonds. The Hall–Kier alpha value is -0.770. The van der Waals surface area contributed by atoms with E-state index in [2.05, 4.69) is 36.3 Å². The second-order valence-corrected chi connectivity index (χ2v) is 7.30. The van der Waals surface area contributed by atoms with Crippen molar-refractivity contribution in [3.8, 4) is 0 Å². The van der Waals surface area contributed by atoms with Crippen LogP contribution in [0, 0.1) is 5.92 Å². The number of nitrogens with zero attached hydrogens (tertiary/aromatic N) is 2. The lowest BCUT2D eigenvalue weighted by Crippen LogP contribution is -2.45. The molecule has 4 nitrogen and oxygen atoms in total. The van der Waals surface area contributed by atoms with Crippen LogP contribution in [0.15, 0.2) is 4.99 Å². The highest BCUT2D eigenvalue weighted by Crippen LogP contribution is 2.19. The van der Waals surface area contributed by atoms with Gasteiger partial charge in [-0.1, -0.05) is 19.3 Å². The summed E-state index contributed by atoms with van der Waals surface area (Å²) in [6.07, 6.45) is 9.38. The van der Waals surface area contributed by atoms with E-state index in [4.69, 9.17) is 4.99 Å². The van der Waals surface area contributed by atoms with Gasteiger partial charge in [0.2, 0.25) is 0 Å². The van der Waals surface area contributed by atoms with Gasteiger partial charge in [0.25, 0.3) is 0 Å². The molecule has 1 saturated carbocycles. The summed E-state index contributed by atoms with van der Waals surface area (Å²) in [5.41, 5.74) is 0. The maximum Gasteiger partial charge on any atom is 0.191 e. The molecule has 0 spiro atoms. The molecule has 2 N–H and O–H groups in total. The van der Waals surface area contributed by atoms with Gasteiger partial charge in [0.15, 0.2) is 5.96 Å². The molecule has 1 aliphatic carbocycles. The van der Waals surface area contributed by atoms with E-state index in [1.54, 1.807) is 0 Å². The van der Waals surface area contributed by atoms with Crippen LogP contribution in [0.2, 0.25) is 0 Å².